The van der Waals surface area contributed by atoms with Gasteiger partial charge in [0, 0.05) is 31.0 Å². The van der Waals surface area contributed by atoms with Crippen LogP contribution in [0.15, 0.2) is 18.3 Å². The summed E-state index contributed by atoms with van der Waals surface area (Å²) in [5, 5.41) is 12.1. The fourth-order valence-corrected chi connectivity index (χ4v) is 2.10. The molecule has 1 aliphatic heterocycles. The van der Waals surface area contributed by atoms with Gasteiger partial charge in [-0.2, -0.15) is 5.26 Å². The van der Waals surface area contributed by atoms with Crippen molar-refractivity contribution in [2.75, 3.05) is 25.0 Å². The van der Waals surface area contributed by atoms with Crippen molar-refractivity contribution in [3.05, 3.63) is 24.0 Å². The summed E-state index contributed by atoms with van der Waals surface area (Å²) in [5.74, 6) is 0. The maximum atomic E-state index is 8.80. The van der Waals surface area contributed by atoms with Crippen LogP contribution in [-0.4, -0.2) is 31.2 Å². The number of nitrogens with zero attached hydrogens (tertiary/aromatic N) is 3. The maximum Gasteiger partial charge on any atom is 0.142 e. The zero-order valence-electron chi connectivity index (χ0n) is 9.48. The first-order chi connectivity index (χ1) is 7.83. The van der Waals surface area contributed by atoms with Gasteiger partial charge in [0.2, 0.25) is 0 Å². The Kier molecular flexibility index (Phi) is 3.37. The van der Waals surface area contributed by atoms with Crippen LogP contribution in [0.25, 0.3) is 0 Å². The van der Waals surface area contributed by atoms with Crippen LogP contribution < -0.4 is 10.2 Å². The number of pyridine rings is 1. The molecular formula is C12H16N4. The molecule has 0 saturated carbocycles. The third-order valence-corrected chi connectivity index (χ3v) is 3.13. The molecule has 4 nitrogen and oxygen atoms in total. The summed E-state index contributed by atoms with van der Waals surface area (Å²) < 4.78 is 0. The molecule has 2 heterocycles. The van der Waals surface area contributed by atoms with Crippen molar-refractivity contribution >= 4 is 5.69 Å². The molecule has 1 aromatic heterocycles. The molecule has 0 aromatic carbocycles. The van der Waals surface area contributed by atoms with Crippen molar-refractivity contribution in [1.29, 1.82) is 5.26 Å². The molecule has 2 rings (SSSR count). The molecule has 0 spiro atoms. The second-order valence-electron chi connectivity index (χ2n) is 4.06. The molecule has 1 aromatic rings. The maximum absolute atomic E-state index is 8.80. The second kappa shape index (κ2) is 4.95. The highest BCUT2D eigenvalue weighted by Gasteiger charge is 2.17. The highest BCUT2D eigenvalue weighted by atomic mass is 15.1. The van der Waals surface area contributed by atoms with Gasteiger partial charge in [0.25, 0.3) is 0 Å². The van der Waals surface area contributed by atoms with Gasteiger partial charge >= 0.3 is 0 Å². The SMILES string of the molecule is CNC1CCN(c2ccnc(C#N)c2)CC1. The fourth-order valence-electron chi connectivity index (χ4n) is 2.10. The predicted octanol–water partition coefficient (Wildman–Crippen LogP) is 1.14. The predicted molar refractivity (Wildman–Crippen MR) is 63.2 cm³/mol. The molecule has 0 aliphatic carbocycles. The van der Waals surface area contributed by atoms with Crippen molar-refractivity contribution in [1.82, 2.24) is 10.3 Å². The lowest BCUT2D eigenvalue weighted by atomic mass is 10.0. The Hall–Kier alpha value is -1.60. The number of nitrogens with one attached hydrogen (secondary N) is 1. The van der Waals surface area contributed by atoms with E-state index in [4.69, 9.17) is 5.26 Å². The van der Waals surface area contributed by atoms with Crippen LogP contribution in [0.3, 0.4) is 0 Å². The number of hydrogen-bond acceptors (Lipinski definition) is 4. The Balaban J connectivity index is 2.05. The van der Waals surface area contributed by atoms with Crippen LogP contribution in [-0.2, 0) is 0 Å². The van der Waals surface area contributed by atoms with Gasteiger partial charge < -0.3 is 10.2 Å². The first-order valence-electron chi connectivity index (χ1n) is 5.62. The van der Waals surface area contributed by atoms with E-state index in [0.29, 0.717) is 11.7 Å². The van der Waals surface area contributed by atoms with Crippen LogP contribution in [0.5, 0.6) is 0 Å². The summed E-state index contributed by atoms with van der Waals surface area (Å²) in [6.07, 6.45) is 4.01. The summed E-state index contributed by atoms with van der Waals surface area (Å²) in [7, 11) is 2.01. The van der Waals surface area contributed by atoms with E-state index in [1.165, 1.54) is 0 Å². The second-order valence-corrected chi connectivity index (χ2v) is 4.06. The van der Waals surface area contributed by atoms with Gasteiger partial charge in [-0.3, -0.25) is 0 Å². The Morgan fingerprint density at radius 3 is 2.88 bits per heavy atom. The number of nitriles is 1. The van der Waals surface area contributed by atoms with Gasteiger partial charge in [-0.1, -0.05) is 0 Å². The average Bonchev–Trinajstić information content (AvgIpc) is 2.39. The molecule has 1 N–H and O–H groups in total. The molecule has 0 radical (unpaired) electrons. The number of aromatic nitrogens is 1. The first kappa shape index (κ1) is 10.9. The number of anilines is 1. The third kappa shape index (κ3) is 2.31. The van der Waals surface area contributed by atoms with E-state index in [1.807, 2.05) is 19.2 Å². The van der Waals surface area contributed by atoms with Gasteiger partial charge in [-0.25, -0.2) is 4.98 Å². The zero-order valence-corrected chi connectivity index (χ0v) is 9.48. The number of rotatable bonds is 2. The first-order valence-corrected chi connectivity index (χ1v) is 5.62. The largest absolute Gasteiger partial charge is 0.371 e. The molecule has 0 bridgehead atoms. The summed E-state index contributed by atoms with van der Waals surface area (Å²) in [4.78, 5) is 6.30. The van der Waals surface area contributed by atoms with E-state index in [9.17, 15) is 0 Å². The molecule has 4 heteroatoms. The summed E-state index contributed by atoms with van der Waals surface area (Å²) >= 11 is 0. The van der Waals surface area contributed by atoms with Crippen molar-refractivity contribution < 1.29 is 0 Å². The van der Waals surface area contributed by atoms with Gasteiger partial charge in [0.15, 0.2) is 0 Å². The molecule has 1 saturated heterocycles. The summed E-state index contributed by atoms with van der Waals surface area (Å²) in [6.45, 7) is 2.08. The molecule has 0 amide bonds. The van der Waals surface area contributed by atoms with E-state index in [-0.39, 0.29) is 0 Å². The van der Waals surface area contributed by atoms with E-state index in [1.54, 1.807) is 6.20 Å². The van der Waals surface area contributed by atoms with Crippen molar-refractivity contribution in [3.8, 4) is 6.07 Å². The number of piperidine rings is 1. The Morgan fingerprint density at radius 2 is 2.25 bits per heavy atom. The third-order valence-electron chi connectivity index (χ3n) is 3.13. The summed E-state index contributed by atoms with van der Waals surface area (Å²) in [5.41, 5.74) is 1.61. The van der Waals surface area contributed by atoms with Crippen LogP contribution in [0.1, 0.15) is 18.5 Å². The zero-order chi connectivity index (χ0) is 11.4. The molecular weight excluding hydrogens is 200 g/mol. The Labute approximate surface area is 95.9 Å². The van der Waals surface area contributed by atoms with Gasteiger partial charge in [-0.15, -0.1) is 0 Å². The van der Waals surface area contributed by atoms with Gasteiger partial charge in [0.1, 0.15) is 11.8 Å². The smallest absolute Gasteiger partial charge is 0.142 e. The lowest BCUT2D eigenvalue weighted by Gasteiger charge is -2.33. The Morgan fingerprint density at radius 1 is 1.50 bits per heavy atom. The highest BCUT2D eigenvalue weighted by Crippen LogP contribution is 2.19. The van der Waals surface area contributed by atoms with Gasteiger partial charge in [-0.05, 0) is 32.0 Å². The van der Waals surface area contributed by atoms with Crippen molar-refractivity contribution in [2.45, 2.75) is 18.9 Å². The lowest BCUT2D eigenvalue weighted by molar-refractivity contribution is 0.442. The molecule has 1 fully saturated rings. The molecule has 16 heavy (non-hydrogen) atoms. The van der Waals surface area contributed by atoms with E-state index < -0.39 is 0 Å². The topological polar surface area (TPSA) is 52.0 Å². The average molecular weight is 216 g/mol. The minimum absolute atomic E-state index is 0.494. The molecule has 0 unspecified atom stereocenters. The van der Waals surface area contributed by atoms with Crippen LogP contribution >= 0.6 is 0 Å². The van der Waals surface area contributed by atoms with Crippen molar-refractivity contribution in [3.63, 3.8) is 0 Å². The summed E-state index contributed by atoms with van der Waals surface area (Å²) in [6, 6.07) is 6.54. The highest BCUT2D eigenvalue weighted by molar-refractivity contribution is 5.49. The van der Waals surface area contributed by atoms with Crippen LogP contribution in [0, 0.1) is 11.3 Å². The van der Waals surface area contributed by atoms with E-state index in [2.05, 4.69) is 21.3 Å². The van der Waals surface area contributed by atoms with Crippen LogP contribution in [0.2, 0.25) is 0 Å². The molecule has 0 atom stereocenters. The van der Waals surface area contributed by atoms with E-state index >= 15 is 0 Å². The van der Waals surface area contributed by atoms with Crippen LogP contribution in [0.4, 0.5) is 5.69 Å². The lowest BCUT2D eigenvalue weighted by Crippen LogP contribution is -2.41. The fraction of sp³-hybridized carbons (Fsp3) is 0.500. The van der Waals surface area contributed by atoms with E-state index in [0.717, 1.165) is 31.6 Å². The quantitative estimate of drug-likeness (QED) is 0.805. The monoisotopic (exact) mass is 216 g/mol. The molecule has 1 aliphatic rings. The van der Waals surface area contributed by atoms with Gasteiger partial charge in [0.05, 0.1) is 0 Å². The normalized spacial score (nSPS) is 17.1. The number of hydrogen-bond donors (Lipinski definition) is 1. The minimum atomic E-state index is 0.494. The Bertz CT molecular complexity index is 388. The van der Waals surface area contributed by atoms with Crippen molar-refractivity contribution in [2.24, 2.45) is 0 Å². The standard InChI is InChI=1S/C12H16N4/c1-14-10-3-6-16(7-4-10)12-2-5-15-11(8-12)9-13/h2,5,8,10,14H,3-4,6-7H2,1H3. The minimum Gasteiger partial charge on any atom is -0.371 e. The molecule has 84 valence electrons.